The van der Waals surface area contributed by atoms with Gasteiger partial charge in [0.1, 0.15) is 0 Å². The molecule has 0 saturated heterocycles. The quantitative estimate of drug-likeness (QED) is 0.769. The van der Waals surface area contributed by atoms with Crippen LogP contribution in [0.5, 0.6) is 0 Å². The van der Waals surface area contributed by atoms with Crippen molar-refractivity contribution in [2.45, 2.75) is 57.9 Å². The molecule has 0 aromatic heterocycles. The minimum Gasteiger partial charge on any atom is -0.346 e. The van der Waals surface area contributed by atoms with Crippen LogP contribution in [0.1, 0.15) is 68.3 Å². The molecule has 0 aliphatic heterocycles. The van der Waals surface area contributed by atoms with Crippen LogP contribution in [-0.2, 0) is 0 Å². The largest absolute Gasteiger partial charge is 0.346 e. The van der Waals surface area contributed by atoms with E-state index in [1.165, 1.54) is 18.4 Å². The molecule has 1 amide bonds. The fourth-order valence-electron chi connectivity index (χ4n) is 3.26. The first-order valence-corrected chi connectivity index (χ1v) is 9.06. The monoisotopic (exact) mass is 351 g/mol. The van der Waals surface area contributed by atoms with Gasteiger partial charge in [-0.2, -0.15) is 0 Å². The zero-order chi connectivity index (χ0) is 15.5. The van der Waals surface area contributed by atoms with Gasteiger partial charge in [-0.25, -0.2) is 0 Å². The highest BCUT2D eigenvalue weighted by atomic mass is 79.9. The lowest BCUT2D eigenvalue weighted by atomic mass is 9.77. The van der Waals surface area contributed by atoms with E-state index in [4.69, 9.17) is 0 Å². The zero-order valence-corrected chi connectivity index (χ0v) is 14.9. The van der Waals surface area contributed by atoms with Gasteiger partial charge in [0.25, 0.3) is 5.91 Å². The number of halogens is 1. The predicted octanol–water partition coefficient (Wildman–Crippen LogP) is 4.88. The molecule has 1 aromatic carbocycles. The summed E-state index contributed by atoms with van der Waals surface area (Å²) in [5, 5.41) is 4.13. The third-order valence-electron chi connectivity index (χ3n) is 4.57. The maximum Gasteiger partial charge on any atom is 0.251 e. The van der Waals surface area contributed by atoms with Crippen LogP contribution in [0.4, 0.5) is 0 Å². The minimum atomic E-state index is -0.0779. The second-order valence-electron chi connectivity index (χ2n) is 6.85. The van der Waals surface area contributed by atoms with Gasteiger partial charge in [-0.15, -0.1) is 0 Å². The molecule has 0 radical (unpaired) electrons. The summed E-state index contributed by atoms with van der Waals surface area (Å²) in [4.78, 5) is 12.5. The van der Waals surface area contributed by atoms with Gasteiger partial charge >= 0.3 is 0 Å². The van der Waals surface area contributed by atoms with E-state index < -0.39 is 0 Å². The number of rotatable bonds is 4. The molecular weight excluding hydrogens is 326 g/mol. The Balaban J connectivity index is 2.08. The van der Waals surface area contributed by atoms with Gasteiger partial charge in [-0.05, 0) is 42.4 Å². The van der Waals surface area contributed by atoms with E-state index in [0.717, 1.165) is 23.7 Å². The number of carbonyl (C=O) groups is 1. The Morgan fingerprint density at radius 3 is 2.57 bits per heavy atom. The van der Waals surface area contributed by atoms with Gasteiger partial charge in [-0.1, -0.05) is 61.7 Å². The van der Waals surface area contributed by atoms with E-state index >= 15 is 0 Å². The lowest BCUT2D eigenvalue weighted by Gasteiger charge is -2.39. The molecule has 116 valence electrons. The fourth-order valence-corrected chi connectivity index (χ4v) is 3.91. The Hall–Kier alpha value is -0.830. The van der Waals surface area contributed by atoms with Gasteiger partial charge in [0.15, 0.2) is 0 Å². The maximum absolute atomic E-state index is 12.5. The van der Waals surface area contributed by atoms with Crippen LogP contribution in [-0.4, -0.2) is 16.8 Å². The van der Waals surface area contributed by atoms with Crippen molar-refractivity contribution in [3.05, 3.63) is 35.4 Å². The molecular formula is C18H26BrNO. The first-order chi connectivity index (χ1) is 9.96. The zero-order valence-electron chi connectivity index (χ0n) is 13.3. The normalized spacial score (nSPS) is 25.9. The number of benzene rings is 1. The van der Waals surface area contributed by atoms with Crippen molar-refractivity contribution in [3.8, 4) is 0 Å². The molecule has 1 aliphatic carbocycles. The van der Waals surface area contributed by atoms with Gasteiger partial charge < -0.3 is 5.32 Å². The molecule has 1 fully saturated rings. The third kappa shape index (κ3) is 4.09. The number of nitrogens with one attached hydrogen (secondary N) is 1. The molecule has 1 aromatic rings. The summed E-state index contributed by atoms with van der Waals surface area (Å²) >= 11 is 3.61. The molecule has 3 heteroatoms. The number of alkyl halides is 1. The lowest BCUT2D eigenvalue weighted by Crippen LogP contribution is -2.52. The van der Waals surface area contributed by atoms with E-state index in [-0.39, 0.29) is 11.4 Å². The van der Waals surface area contributed by atoms with Crippen molar-refractivity contribution in [2.24, 2.45) is 5.92 Å². The summed E-state index contributed by atoms with van der Waals surface area (Å²) in [5.41, 5.74) is 1.96. The van der Waals surface area contributed by atoms with Crippen LogP contribution in [0.15, 0.2) is 24.3 Å². The SMILES string of the molecule is CC1CCCC(CBr)(NC(=O)c2ccc(C(C)C)cc2)C1. The highest BCUT2D eigenvalue weighted by Gasteiger charge is 2.35. The van der Waals surface area contributed by atoms with Gasteiger partial charge in [0.2, 0.25) is 0 Å². The maximum atomic E-state index is 12.5. The van der Waals surface area contributed by atoms with E-state index in [2.05, 4.69) is 54.2 Å². The summed E-state index contributed by atoms with van der Waals surface area (Å²) in [7, 11) is 0. The fraction of sp³-hybridized carbons (Fsp3) is 0.611. The molecule has 2 unspecified atom stereocenters. The van der Waals surface area contributed by atoms with Crippen LogP contribution in [0, 0.1) is 5.92 Å². The van der Waals surface area contributed by atoms with Crippen molar-refractivity contribution in [1.29, 1.82) is 0 Å². The van der Waals surface area contributed by atoms with Crippen LogP contribution in [0.3, 0.4) is 0 Å². The molecule has 0 bridgehead atoms. The Bertz CT molecular complexity index is 482. The highest BCUT2D eigenvalue weighted by Crippen LogP contribution is 2.33. The number of hydrogen-bond acceptors (Lipinski definition) is 1. The second-order valence-corrected chi connectivity index (χ2v) is 7.41. The average Bonchev–Trinajstić information content (AvgIpc) is 2.47. The second kappa shape index (κ2) is 6.95. The van der Waals surface area contributed by atoms with Crippen LogP contribution in [0.25, 0.3) is 0 Å². The summed E-state index contributed by atoms with van der Waals surface area (Å²) in [6.07, 6.45) is 4.60. The highest BCUT2D eigenvalue weighted by molar-refractivity contribution is 9.09. The van der Waals surface area contributed by atoms with Crippen molar-refractivity contribution >= 4 is 21.8 Å². The number of amides is 1. The Kier molecular flexibility index (Phi) is 5.48. The summed E-state index contributed by atoms with van der Waals surface area (Å²) in [6, 6.07) is 8.01. The Morgan fingerprint density at radius 1 is 1.38 bits per heavy atom. The van der Waals surface area contributed by atoms with E-state index in [1.54, 1.807) is 0 Å². The Morgan fingerprint density at radius 2 is 2.05 bits per heavy atom. The van der Waals surface area contributed by atoms with Gasteiger partial charge in [-0.3, -0.25) is 4.79 Å². The van der Waals surface area contributed by atoms with E-state index in [1.807, 2.05) is 12.1 Å². The van der Waals surface area contributed by atoms with Gasteiger partial charge in [0, 0.05) is 10.9 Å². The molecule has 1 aliphatic rings. The molecule has 2 rings (SSSR count). The lowest BCUT2D eigenvalue weighted by molar-refractivity contribution is 0.0869. The summed E-state index contributed by atoms with van der Waals surface area (Å²) in [6.45, 7) is 6.61. The smallest absolute Gasteiger partial charge is 0.251 e. The van der Waals surface area contributed by atoms with Crippen LogP contribution < -0.4 is 5.32 Å². The van der Waals surface area contributed by atoms with E-state index in [9.17, 15) is 4.79 Å². The molecule has 21 heavy (non-hydrogen) atoms. The molecule has 2 nitrogen and oxygen atoms in total. The van der Waals surface area contributed by atoms with E-state index in [0.29, 0.717) is 11.8 Å². The number of carbonyl (C=O) groups excluding carboxylic acids is 1. The first kappa shape index (κ1) is 16.5. The van der Waals surface area contributed by atoms with Crippen molar-refractivity contribution in [1.82, 2.24) is 5.32 Å². The minimum absolute atomic E-state index is 0.0545. The molecule has 0 spiro atoms. The molecule has 2 atom stereocenters. The third-order valence-corrected chi connectivity index (χ3v) is 5.64. The van der Waals surface area contributed by atoms with Crippen molar-refractivity contribution in [2.75, 3.05) is 5.33 Å². The molecule has 1 saturated carbocycles. The first-order valence-electron chi connectivity index (χ1n) is 7.94. The van der Waals surface area contributed by atoms with Crippen LogP contribution >= 0.6 is 15.9 Å². The average molecular weight is 352 g/mol. The van der Waals surface area contributed by atoms with Gasteiger partial charge in [0.05, 0.1) is 5.54 Å². The standard InChI is InChI=1S/C18H26BrNO/c1-13(2)15-6-8-16(9-7-15)17(21)20-18(12-19)10-4-5-14(3)11-18/h6-9,13-14H,4-5,10-12H2,1-3H3,(H,20,21). The van der Waals surface area contributed by atoms with Crippen molar-refractivity contribution in [3.63, 3.8) is 0 Å². The van der Waals surface area contributed by atoms with Crippen LogP contribution in [0.2, 0.25) is 0 Å². The number of hydrogen-bond donors (Lipinski definition) is 1. The molecule has 1 N–H and O–H groups in total. The summed E-state index contributed by atoms with van der Waals surface area (Å²) < 4.78 is 0. The predicted molar refractivity (Wildman–Crippen MR) is 92.2 cm³/mol. The Labute approximate surface area is 136 Å². The topological polar surface area (TPSA) is 29.1 Å². The summed E-state index contributed by atoms with van der Waals surface area (Å²) in [5.74, 6) is 1.23. The van der Waals surface area contributed by atoms with Crippen molar-refractivity contribution < 1.29 is 4.79 Å². The molecule has 0 heterocycles.